The molecule has 0 saturated carbocycles. The minimum Gasteiger partial charge on any atom is -0.449 e. The summed E-state index contributed by atoms with van der Waals surface area (Å²) >= 11 is 0. The molecule has 104 valence electrons. The highest BCUT2D eigenvalue weighted by Crippen LogP contribution is 2.13. The van der Waals surface area contributed by atoms with E-state index in [4.69, 9.17) is 10.5 Å². The van der Waals surface area contributed by atoms with Gasteiger partial charge in [0.25, 0.3) is 5.91 Å². The number of nitrogen functional groups attached to an aromatic ring is 1. The molecular weight excluding hydrogens is 244 g/mol. The first-order valence-corrected chi connectivity index (χ1v) is 6.08. The average Bonchev–Trinajstić information content (AvgIpc) is 2.27. The Kier molecular flexibility index (Phi) is 4.53. The molecule has 0 aliphatic heterocycles. The second kappa shape index (κ2) is 5.73. The Bertz CT molecular complexity index is 478. The van der Waals surface area contributed by atoms with Gasteiger partial charge >= 0.3 is 5.97 Å². The molecule has 5 heteroatoms. The monoisotopic (exact) mass is 264 g/mol. The molecule has 1 aromatic rings. The molecule has 0 saturated heterocycles. The molecule has 1 amide bonds. The van der Waals surface area contributed by atoms with Crippen LogP contribution in [-0.4, -0.2) is 23.5 Å². The summed E-state index contributed by atoms with van der Waals surface area (Å²) < 4.78 is 5.09. The molecule has 0 radical (unpaired) electrons. The van der Waals surface area contributed by atoms with E-state index in [1.54, 1.807) is 24.3 Å². The molecule has 0 aliphatic carbocycles. The smallest absolute Gasteiger partial charge is 0.341 e. The van der Waals surface area contributed by atoms with Gasteiger partial charge in [-0.3, -0.25) is 4.79 Å². The van der Waals surface area contributed by atoms with Crippen molar-refractivity contribution in [1.82, 2.24) is 5.32 Å². The zero-order chi connectivity index (χ0) is 14.6. The van der Waals surface area contributed by atoms with Crippen LogP contribution in [0, 0.1) is 0 Å². The van der Waals surface area contributed by atoms with Crippen LogP contribution in [0.5, 0.6) is 0 Å². The summed E-state index contributed by atoms with van der Waals surface area (Å²) in [5.41, 5.74) is 5.89. The molecule has 3 N–H and O–H groups in total. The first kappa shape index (κ1) is 15.0. The largest absolute Gasteiger partial charge is 0.449 e. The van der Waals surface area contributed by atoms with Crippen LogP contribution in [0.4, 0.5) is 5.69 Å². The van der Waals surface area contributed by atoms with E-state index in [1.807, 2.05) is 20.8 Å². The number of anilines is 1. The fourth-order valence-electron chi connectivity index (χ4n) is 1.43. The third-order valence-electron chi connectivity index (χ3n) is 2.33. The van der Waals surface area contributed by atoms with Crippen LogP contribution < -0.4 is 11.1 Å². The summed E-state index contributed by atoms with van der Waals surface area (Å²) in [4.78, 5) is 23.7. The standard InChI is InChI=1S/C14H20N2O3/c1-9(12(17)16-14(2,3)4)19-13(18)10-7-5-6-8-11(10)15/h5-9H,15H2,1-4H3,(H,16,17). The molecule has 0 fully saturated rings. The molecule has 0 aromatic heterocycles. The maximum atomic E-state index is 11.9. The summed E-state index contributed by atoms with van der Waals surface area (Å²) in [7, 11) is 0. The fourth-order valence-corrected chi connectivity index (χ4v) is 1.43. The van der Waals surface area contributed by atoms with Crippen LogP contribution in [0.25, 0.3) is 0 Å². The topological polar surface area (TPSA) is 81.4 Å². The number of rotatable bonds is 3. The van der Waals surface area contributed by atoms with Crippen LogP contribution in [-0.2, 0) is 9.53 Å². The van der Waals surface area contributed by atoms with Crippen molar-refractivity contribution in [3.05, 3.63) is 29.8 Å². The van der Waals surface area contributed by atoms with E-state index >= 15 is 0 Å². The van der Waals surface area contributed by atoms with Crippen molar-refractivity contribution in [2.24, 2.45) is 0 Å². The van der Waals surface area contributed by atoms with Crippen molar-refractivity contribution in [1.29, 1.82) is 0 Å². The molecule has 5 nitrogen and oxygen atoms in total. The van der Waals surface area contributed by atoms with Gasteiger partial charge in [-0.1, -0.05) is 12.1 Å². The van der Waals surface area contributed by atoms with Crippen molar-refractivity contribution < 1.29 is 14.3 Å². The van der Waals surface area contributed by atoms with Gasteiger partial charge in [-0.05, 0) is 39.8 Å². The highest BCUT2D eigenvalue weighted by molar-refractivity contribution is 5.96. The van der Waals surface area contributed by atoms with E-state index in [0.717, 1.165) is 0 Å². The molecule has 0 heterocycles. The summed E-state index contributed by atoms with van der Waals surface area (Å²) in [6, 6.07) is 6.58. The van der Waals surface area contributed by atoms with Gasteiger partial charge in [-0.2, -0.15) is 0 Å². The molecule has 1 aromatic carbocycles. The highest BCUT2D eigenvalue weighted by atomic mass is 16.5. The minimum absolute atomic E-state index is 0.262. The maximum absolute atomic E-state index is 11.9. The zero-order valence-corrected chi connectivity index (χ0v) is 11.7. The SMILES string of the molecule is CC(OC(=O)c1ccccc1N)C(=O)NC(C)(C)C. The lowest BCUT2D eigenvalue weighted by molar-refractivity contribution is -0.130. The molecule has 0 spiro atoms. The Hall–Kier alpha value is -2.04. The Labute approximate surface area is 113 Å². The van der Waals surface area contributed by atoms with Gasteiger partial charge in [0.1, 0.15) is 0 Å². The van der Waals surface area contributed by atoms with Crippen molar-refractivity contribution >= 4 is 17.6 Å². The van der Waals surface area contributed by atoms with Crippen molar-refractivity contribution in [2.75, 3.05) is 5.73 Å². The number of amides is 1. The lowest BCUT2D eigenvalue weighted by Gasteiger charge is -2.23. The van der Waals surface area contributed by atoms with Crippen LogP contribution in [0.2, 0.25) is 0 Å². The number of benzene rings is 1. The lowest BCUT2D eigenvalue weighted by atomic mass is 10.1. The number of nitrogens with two attached hydrogens (primary N) is 1. The molecule has 1 unspecified atom stereocenters. The number of nitrogens with one attached hydrogen (secondary N) is 1. The van der Waals surface area contributed by atoms with Crippen molar-refractivity contribution in [3.8, 4) is 0 Å². The number of ether oxygens (including phenoxy) is 1. The van der Waals surface area contributed by atoms with E-state index in [0.29, 0.717) is 5.69 Å². The molecule has 1 rings (SSSR count). The fraction of sp³-hybridized carbons (Fsp3) is 0.429. The molecule has 1 atom stereocenters. The van der Waals surface area contributed by atoms with Gasteiger partial charge in [0.05, 0.1) is 5.56 Å². The average molecular weight is 264 g/mol. The number of para-hydroxylation sites is 1. The predicted octanol–water partition coefficient (Wildman–Crippen LogP) is 1.73. The summed E-state index contributed by atoms with van der Waals surface area (Å²) in [6.07, 6.45) is -0.869. The maximum Gasteiger partial charge on any atom is 0.341 e. The first-order chi connectivity index (χ1) is 8.70. The van der Waals surface area contributed by atoms with Gasteiger partial charge < -0.3 is 15.8 Å². The van der Waals surface area contributed by atoms with Crippen molar-refractivity contribution in [3.63, 3.8) is 0 Å². The Morgan fingerprint density at radius 3 is 2.37 bits per heavy atom. The van der Waals surface area contributed by atoms with Crippen molar-refractivity contribution in [2.45, 2.75) is 39.3 Å². The zero-order valence-electron chi connectivity index (χ0n) is 11.7. The van der Waals surface area contributed by atoms with E-state index in [1.165, 1.54) is 6.92 Å². The van der Waals surface area contributed by atoms with Gasteiger partial charge in [0.2, 0.25) is 0 Å². The summed E-state index contributed by atoms with van der Waals surface area (Å²) in [6.45, 7) is 7.09. The lowest BCUT2D eigenvalue weighted by Crippen LogP contribution is -2.46. The predicted molar refractivity (Wildman–Crippen MR) is 73.6 cm³/mol. The number of carbonyl (C=O) groups is 2. The Morgan fingerprint density at radius 1 is 1.26 bits per heavy atom. The third kappa shape index (κ3) is 4.62. The number of carbonyl (C=O) groups excluding carboxylic acids is 2. The van der Waals surface area contributed by atoms with Gasteiger partial charge in [-0.15, -0.1) is 0 Å². The Balaban J connectivity index is 2.67. The van der Waals surface area contributed by atoms with E-state index in [-0.39, 0.29) is 17.0 Å². The van der Waals surface area contributed by atoms with Gasteiger partial charge in [0, 0.05) is 11.2 Å². The van der Waals surface area contributed by atoms with Crippen LogP contribution in [0.3, 0.4) is 0 Å². The number of esters is 1. The molecular formula is C14H20N2O3. The number of hydrogen-bond donors (Lipinski definition) is 2. The van der Waals surface area contributed by atoms with Crippen LogP contribution in [0.1, 0.15) is 38.1 Å². The second-order valence-corrected chi connectivity index (χ2v) is 5.37. The summed E-state index contributed by atoms with van der Waals surface area (Å²) in [5.74, 6) is -0.940. The second-order valence-electron chi connectivity index (χ2n) is 5.37. The first-order valence-electron chi connectivity index (χ1n) is 6.08. The van der Waals surface area contributed by atoms with E-state index in [2.05, 4.69) is 5.32 Å². The number of hydrogen-bond acceptors (Lipinski definition) is 4. The molecule has 19 heavy (non-hydrogen) atoms. The molecule has 0 bridgehead atoms. The Morgan fingerprint density at radius 2 is 1.84 bits per heavy atom. The normalized spacial score (nSPS) is 12.6. The van der Waals surface area contributed by atoms with Crippen LogP contribution >= 0.6 is 0 Å². The quantitative estimate of drug-likeness (QED) is 0.643. The minimum atomic E-state index is -0.869. The molecule has 0 aliphatic rings. The van der Waals surface area contributed by atoms with Gasteiger partial charge in [0.15, 0.2) is 6.10 Å². The van der Waals surface area contributed by atoms with Crippen LogP contribution in [0.15, 0.2) is 24.3 Å². The highest BCUT2D eigenvalue weighted by Gasteiger charge is 2.23. The third-order valence-corrected chi connectivity index (χ3v) is 2.33. The van der Waals surface area contributed by atoms with Gasteiger partial charge in [-0.25, -0.2) is 4.79 Å². The van der Waals surface area contributed by atoms with E-state index < -0.39 is 12.1 Å². The summed E-state index contributed by atoms with van der Waals surface area (Å²) in [5, 5.41) is 2.74. The van der Waals surface area contributed by atoms with E-state index in [9.17, 15) is 9.59 Å².